The van der Waals surface area contributed by atoms with E-state index in [0.29, 0.717) is 62.9 Å². The molecular formula is C43H63NO11. The lowest BCUT2D eigenvalue weighted by molar-refractivity contribution is -0.265. The monoisotopic (exact) mass is 769 g/mol. The minimum absolute atomic E-state index is 0.0756. The average molecular weight is 770 g/mol. The Hall–Kier alpha value is -3.84. The van der Waals surface area contributed by atoms with Gasteiger partial charge in [-0.1, -0.05) is 57.2 Å². The van der Waals surface area contributed by atoms with Crippen molar-refractivity contribution in [3.63, 3.8) is 0 Å². The molecule has 2 fully saturated rings. The molecule has 0 unspecified atom stereocenters. The molecule has 55 heavy (non-hydrogen) atoms. The number of piperidine rings is 1. The third-order valence-corrected chi connectivity index (χ3v) is 10.6. The molecule has 2 aliphatic rings. The molecule has 7 atom stereocenters. The zero-order valence-electron chi connectivity index (χ0n) is 34.0. The number of esters is 1. The van der Waals surface area contributed by atoms with Crippen LogP contribution in [0.15, 0.2) is 54.2 Å². The number of carbonyl (C=O) groups excluding carboxylic acids is 4. The largest absolute Gasteiger partial charge is 0.493 e. The number of methoxy groups -OCH3 is 4. The fraction of sp³-hybridized carbons (Fsp3) is 0.628. The van der Waals surface area contributed by atoms with Crippen LogP contribution in [0, 0.1) is 17.8 Å². The predicted octanol–water partition coefficient (Wildman–Crippen LogP) is 5.98. The molecule has 1 amide bonds. The van der Waals surface area contributed by atoms with E-state index < -0.39 is 41.5 Å². The van der Waals surface area contributed by atoms with Gasteiger partial charge >= 0.3 is 5.97 Å². The van der Waals surface area contributed by atoms with Gasteiger partial charge in [-0.15, -0.1) is 0 Å². The third kappa shape index (κ3) is 13.1. The van der Waals surface area contributed by atoms with Crippen molar-refractivity contribution in [3.05, 3.63) is 59.7 Å². The summed E-state index contributed by atoms with van der Waals surface area (Å²) in [7, 11) is 6.26. The minimum Gasteiger partial charge on any atom is -0.493 e. The minimum atomic E-state index is -2.34. The number of ether oxygens (including phenoxy) is 6. The van der Waals surface area contributed by atoms with Crippen LogP contribution in [-0.4, -0.2) is 106 Å². The highest BCUT2D eigenvalue weighted by Gasteiger charge is 2.52. The Kier molecular flexibility index (Phi) is 18.8. The number of ketones is 2. The van der Waals surface area contributed by atoms with Crippen molar-refractivity contribution in [2.45, 2.75) is 110 Å². The summed E-state index contributed by atoms with van der Waals surface area (Å²) in [6, 6.07) is 4.71. The molecule has 0 bridgehead atoms. The number of rotatable bonds is 21. The fourth-order valence-electron chi connectivity index (χ4n) is 7.18. The number of aliphatic hydroxyl groups is 1. The fourth-order valence-corrected chi connectivity index (χ4v) is 7.18. The number of benzene rings is 1. The maximum Gasteiger partial charge on any atom is 0.328 e. The van der Waals surface area contributed by atoms with Crippen LogP contribution in [-0.2, 0) is 44.5 Å². The van der Waals surface area contributed by atoms with Gasteiger partial charge in [-0.05, 0) is 87.5 Å². The van der Waals surface area contributed by atoms with E-state index >= 15 is 0 Å². The first-order valence-corrected chi connectivity index (χ1v) is 19.5. The lowest BCUT2D eigenvalue weighted by atomic mass is 9.85. The SMILES string of the molecule is COCC(=O)[C@H](C)C[C@H](C)\C=C/C=C/C=C(\C)[C@H](C[C@@H]1CC[C@@H](C)[C@](O)(C(=O)C(=O)N2CCCC[C@H]2C(=O)OCCCc2ccc(OC)c(OC)c2)O1)OC. The number of amides is 1. The second kappa shape index (κ2) is 22.6. The molecular weight excluding hydrogens is 706 g/mol. The van der Waals surface area contributed by atoms with E-state index in [1.807, 2.05) is 56.4 Å². The van der Waals surface area contributed by atoms with Gasteiger partial charge in [-0.25, -0.2) is 4.79 Å². The van der Waals surface area contributed by atoms with Crippen LogP contribution in [0.5, 0.6) is 11.5 Å². The number of hydrogen-bond donors (Lipinski definition) is 1. The lowest BCUT2D eigenvalue weighted by Gasteiger charge is -2.42. The van der Waals surface area contributed by atoms with Crippen molar-refractivity contribution in [3.8, 4) is 11.5 Å². The molecule has 2 heterocycles. The highest BCUT2D eigenvalue weighted by atomic mass is 16.6. The van der Waals surface area contributed by atoms with Crippen molar-refractivity contribution in [2.75, 3.05) is 48.2 Å². The van der Waals surface area contributed by atoms with E-state index in [2.05, 4.69) is 13.0 Å². The van der Waals surface area contributed by atoms with Crippen LogP contribution in [0.1, 0.15) is 84.6 Å². The van der Waals surface area contributed by atoms with Gasteiger partial charge in [0.1, 0.15) is 12.6 Å². The number of aryl methyl sites for hydroxylation is 1. The van der Waals surface area contributed by atoms with Crippen LogP contribution in [0.4, 0.5) is 0 Å². The molecule has 0 saturated carbocycles. The summed E-state index contributed by atoms with van der Waals surface area (Å²) in [5.74, 6) is -4.06. The average Bonchev–Trinajstić information content (AvgIpc) is 3.18. The Morgan fingerprint density at radius 1 is 1.00 bits per heavy atom. The van der Waals surface area contributed by atoms with Crippen molar-refractivity contribution in [1.82, 2.24) is 4.90 Å². The molecule has 1 N–H and O–H groups in total. The number of Topliss-reactive ketones (excluding diaryl/α,β-unsaturated/α-hetero) is 2. The zero-order chi connectivity index (χ0) is 40.5. The van der Waals surface area contributed by atoms with Gasteiger partial charge in [0.2, 0.25) is 5.79 Å². The molecule has 1 aromatic carbocycles. The van der Waals surface area contributed by atoms with E-state index in [-0.39, 0.29) is 43.5 Å². The first-order chi connectivity index (χ1) is 26.3. The molecule has 0 radical (unpaired) electrons. The van der Waals surface area contributed by atoms with Crippen LogP contribution >= 0.6 is 0 Å². The van der Waals surface area contributed by atoms with Crippen LogP contribution in [0.3, 0.4) is 0 Å². The van der Waals surface area contributed by atoms with Crippen molar-refractivity contribution in [1.29, 1.82) is 0 Å². The van der Waals surface area contributed by atoms with Gasteiger partial charge in [0, 0.05) is 39.0 Å². The molecule has 1 aromatic rings. The standard InChI is InChI=1S/C43H63NO11/c1-29(25-31(3)36(45)28-50-5)15-10-9-11-16-30(2)38(52-7)27-34-21-19-32(4)43(49,55-34)40(46)41(47)44-23-13-12-18-35(44)42(48)54-24-14-17-33-20-22-37(51-6)39(26-33)53-8/h9-11,15-16,20,22,26,29,31-32,34-35,38,49H,12-14,17-19,21,23-25,27-28H2,1-8H3/b11-9+,15-10-,30-16+/t29-,31-,32-,34+,35+,38+,43-/m1/s1. The smallest absolute Gasteiger partial charge is 0.328 e. The maximum absolute atomic E-state index is 13.8. The molecule has 0 aromatic heterocycles. The maximum atomic E-state index is 13.8. The van der Waals surface area contributed by atoms with Crippen molar-refractivity contribution < 1.29 is 52.7 Å². The molecule has 0 aliphatic carbocycles. The predicted molar refractivity (Wildman–Crippen MR) is 209 cm³/mol. The second-order valence-corrected chi connectivity index (χ2v) is 14.9. The van der Waals surface area contributed by atoms with Crippen LogP contribution in [0.25, 0.3) is 0 Å². The van der Waals surface area contributed by atoms with Gasteiger partial charge in [0.15, 0.2) is 17.3 Å². The normalized spacial score (nSPS) is 23.7. The summed E-state index contributed by atoms with van der Waals surface area (Å²) in [6.07, 6.45) is 13.9. The van der Waals surface area contributed by atoms with E-state index in [9.17, 15) is 24.3 Å². The summed E-state index contributed by atoms with van der Waals surface area (Å²) < 4.78 is 33.1. The highest BCUT2D eigenvalue weighted by molar-refractivity contribution is 6.39. The van der Waals surface area contributed by atoms with Gasteiger partial charge in [-0.2, -0.15) is 0 Å². The summed E-state index contributed by atoms with van der Waals surface area (Å²) in [5, 5.41) is 11.7. The first kappa shape index (κ1) is 45.5. The van der Waals surface area contributed by atoms with Gasteiger partial charge in [-0.3, -0.25) is 14.4 Å². The molecule has 12 nitrogen and oxygen atoms in total. The van der Waals surface area contributed by atoms with E-state index in [1.54, 1.807) is 28.3 Å². The molecule has 306 valence electrons. The molecule has 2 aliphatic heterocycles. The van der Waals surface area contributed by atoms with Crippen molar-refractivity contribution >= 4 is 23.4 Å². The Labute approximate surface area is 327 Å². The third-order valence-electron chi connectivity index (χ3n) is 10.6. The Morgan fingerprint density at radius 2 is 1.75 bits per heavy atom. The van der Waals surface area contributed by atoms with Gasteiger partial charge in [0.05, 0.1) is 33.0 Å². The quantitative estimate of drug-likeness (QED) is 0.0683. The number of carbonyl (C=O) groups is 4. The molecule has 3 rings (SSSR count). The van der Waals surface area contributed by atoms with E-state index in [1.165, 1.54) is 12.0 Å². The first-order valence-electron chi connectivity index (χ1n) is 19.5. The van der Waals surface area contributed by atoms with Gasteiger partial charge in [0.25, 0.3) is 11.7 Å². The van der Waals surface area contributed by atoms with Gasteiger partial charge < -0.3 is 38.4 Å². The van der Waals surface area contributed by atoms with Crippen LogP contribution < -0.4 is 9.47 Å². The Balaban J connectivity index is 1.57. The van der Waals surface area contributed by atoms with E-state index in [0.717, 1.165) is 17.6 Å². The molecule has 12 heteroatoms. The molecule has 2 saturated heterocycles. The Bertz CT molecular complexity index is 1520. The Morgan fingerprint density at radius 3 is 2.44 bits per heavy atom. The number of likely N-dealkylation sites (tertiary alicyclic amines) is 1. The summed E-state index contributed by atoms with van der Waals surface area (Å²) >= 11 is 0. The number of allylic oxidation sites excluding steroid dienone is 5. The topological polar surface area (TPSA) is 147 Å². The summed E-state index contributed by atoms with van der Waals surface area (Å²) in [4.78, 5) is 54.0. The number of hydrogen-bond acceptors (Lipinski definition) is 11. The number of nitrogens with zero attached hydrogens (tertiary/aromatic N) is 1. The zero-order valence-corrected chi connectivity index (χ0v) is 34.0. The summed E-state index contributed by atoms with van der Waals surface area (Å²) in [5.41, 5.74) is 1.92. The van der Waals surface area contributed by atoms with Crippen molar-refractivity contribution in [2.24, 2.45) is 17.8 Å². The summed E-state index contributed by atoms with van der Waals surface area (Å²) in [6.45, 7) is 8.09. The lowest BCUT2D eigenvalue weighted by Crippen LogP contribution is -2.60. The van der Waals surface area contributed by atoms with E-state index in [4.69, 9.17) is 28.4 Å². The highest BCUT2D eigenvalue weighted by Crippen LogP contribution is 2.36. The second-order valence-electron chi connectivity index (χ2n) is 14.9. The van der Waals surface area contributed by atoms with Crippen LogP contribution in [0.2, 0.25) is 0 Å². The molecule has 0 spiro atoms.